The molecule has 2 amide bonds. The standard InChI is InChI=1S/C30H29BrF3N3O5/c1-17-7-8-30(41,9-10-31)24-15-36(17)29(40)25-27(42-16-18-5-3-2-4-6-18)26(38)21(14-37(24)25)28(39)35-13-20-22(33)11-19(32)12-23(20)34/h2-6,11-12,14,17,24,41H,7-10,13,15-16H2,1H3,(H,35,39)/t17?,24?,30-/m1/s1. The van der Waals surface area contributed by atoms with Gasteiger partial charge >= 0.3 is 0 Å². The van der Waals surface area contributed by atoms with Crippen LogP contribution in [0.2, 0.25) is 0 Å². The third-order valence-corrected chi connectivity index (χ3v) is 8.43. The molecule has 0 saturated carbocycles. The molecule has 42 heavy (non-hydrogen) atoms. The second-order valence-electron chi connectivity index (χ2n) is 10.7. The number of alkyl halides is 1. The van der Waals surface area contributed by atoms with Crippen LogP contribution in [0.5, 0.6) is 5.75 Å². The minimum atomic E-state index is -1.29. The van der Waals surface area contributed by atoms with Crippen molar-refractivity contribution in [3.05, 3.63) is 98.7 Å². The molecule has 1 saturated heterocycles. The Morgan fingerprint density at radius 3 is 2.52 bits per heavy atom. The number of nitrogens with zero attached hydrogens (tertiary/aromatic N) is 2. The average Bonchev–Trinajstić information content (AvgIpc) is 3.06. The van der Waals surface area contributed by atoms with Gasteiger partial charge in [0.25, 0.3) is 11.8 Å². The number of carbonyl (C=O) groups is 2. The van der Waals surface area contributed by atoms with Crippen LogP contribution in [0.25, 0.3) is 0 Å². The molecule has 0 radical (unpaired) electrons. The molecular formula is C30H29BrF3N3O5. The summed E-state index contributed by atoms with van der Waals surface area (Å²) >= 11 is 3.40. The molecule has 3 heterocycles. The van der Waals surface area contributed by atoms with Crippen LogP contribution in [-0.4, -0.2) is 49.9 Å². The molecule has 2 aliphatic rings. The molecule has 0 spiro atoms. The van der Waals surface area contributed by atoms with Crippen molar-refractivity contribution in [1.29, 1.82) is 0 Å². The van der Waals surface area contributed by atoms with Crippen molar-refractivity contribution < 1.29 is 32.6 Å². The molecule has 3 atom stereocenters. The SMILES string of the molecule is CC1CC[C@@](O)(CCBr)C2CN1C(=O)c1c(OCc3ccccc3)c(=O)c(C(=O)NCc3c(F)cc(F)cc3F)cn12. The Hall–Kier alpha value is -3.64. The number of rotatable bonds is 8. The molecule has 3 aromatic rings. The van der Waals surface area contributed by atoms with Crippen LogP contribution in [0, 0.1) is 17.5 Å². The Morgan fingerprint density at radius 2 is 1.86 bits per heavy atom. The summed E-state index contributed by atoms with van der Waals surface area (Å²) in [4.78, 5) is 42.5. The molecule has 1 fully saturated rings. The number of fused-ring (bicyclic) bond motifs is 4. The monoisotopic (exact) mass is 647 g/mol. The molecule has 1 aromatic heterocycles. The Morgan fingerprint density at radius 1 is 1.17 bits per heavy atom. The van der Waals surface area contributed by atoms with Gasteiger partial charge in [-0.25, -0.2) is 13.2 Å². The molecule has 5 rings (SSSR count). The Kier molecular flexibility index (Phi) is 8.47. The third-order valence-electron chi connectivity index (χ3n) is 8.04. The summed E-state index contributed by atoms with van der Waals surface area (Å²) in [5.41, 5.74) is -2.58. The number of carbonyl (C=O) groups excluding carboxylic acids is 2. The van der Waals surface area contributed by atoms with Crippen LogP contribution >= 0.6 is 15.9 Å². The van der Waals surface area contributed by atoms with Gasteiger partial charge in [0.1, 0.15) is 29.6 Å². The number of halogens is 4. The van der Waals surface area contributed by atoms with E-state index in [4.69, 9.17) is 4.74 Å². The highest BCUT2D eigenvalue weighted by Gasteiger charge is 2.49. The molecule has 2 unspecified atom stereocenters. The fourth-order valence-electron chi connectivity index (χ4n) is 5.63. The number of aliphatic hydroxyl groups is 1. The van der Waals surface area contributed by atoms with Gasteiger partial charge < -0.3 is 24.6 Å². The van der Waals surface area contributed by atoms with Crippen molar-refractivity contribution in [1.82, 2.24) is 14.8 Å². The first-order valence-corrected chi connectivity index (χ1v) is 14.6. The lowest BCUT2D eigenvalue weighted by atomic mass is 9.86. The predicted octanol–water partition coefficient (Wildman–Crippen LogP) is 4.47. The first-order valence-electron chi connectivity index (χ1n) is 13.5. The zero-order valence-electron chi connectivity index (χ0n) is 22.7. The van der Waals surface area contributed by atoms with Crippen molar-refractivity contribution in [3.8, 4) is 5.75 Å². The predicted molar refractivity (Wildman–Crippen MR) is 151 cm³/mol. The van der Waals surface area contributed by atoms with Gasteiger partial charge in [-0.15, -0.1) is 0 Å². The van der Waals surface area contributed by atoms with Gasteiger partial charge in [0.15, 0.2) is 11.4 Å². The molecule has 2 aliphatic heterocycles. The molecule has 8 nitrogen and oxygen atoms in total. The number of nitrogens with one attached hydrogen (secondary N) is 1. The lowest BCUT2D eigenvalue weighted by Crippen LogP contribution is -2.52. The van der Waals surface area contributed by atoms with Crippen molar-refractivity contribution in [2.75, 3.05) is 11.9 Å². The van der Waals surface area contributed by atoms with Crippen LogP contribution in [0.4, 0.5) is 13.2 Å². The zero-order chi connectivity index (χ0) is 30.2. The first kappa shape index (κ1) is 29.8. The summed E-state index contributed by atoms with van der Waals surface area (Å²) in [5.74, 6) is -5.31. The summed E-state index contributed by atoms with van der Waals surface area (Å²) in [6.07, 6.45) is 2.43. The molecule has 222 valence electrons. The largest absolute Gasteiger partial charge is 0.483 e. The summed E-state index contributed by atoms with van der Waals surface area (Å²) in [7, 11) is 0. The number of hydrogen-bond donors (Lipinski definition) is 2. The van der Waals surface area contributed by atoms with Gasteiger partial charge in [-0.3, -0.25) is 14.4 Å². The van der Waals surface area contributed by atoms with E-state index in [-0.39, 0.29) is 30.6 Å². The molecule has 12 heteroatoms. The highest BCUT2D eigenvalue weighted by Crippen LogP contribution is 2.42. The zero-order valence-corrected chi connectivity index (χ0v) is 24.3. The average molecular weight is 648 g/mol. The van der Waals surface area contributed by atoms with E-state index in [9.17, 15) is 32.7 Å². The summed E-state index contributed by atoms with van der Waals surface area (Å²) in [6.45, 7) is 1.27. The normalized spacial score (nSPS) is 21.5. The number of ether oxygens (including phenoxy) is 1. The molecule has 0 aliphatic carbocycles. The van der Waals surface area contributed by atoms with Gasteiger partial charge in [0.2, 0.25) is 5.43 Å². The topological polar surface area (TPSA) is 101 Å². The fraction of sp³-hybridized carbons (Fsp3) is 0.367. The molecular weight excluding hydrogens is 619 g/mol. The van der Waals surface area contributed by atoms with Crippen LogP contribution in [-0.2, 0) is 13.2 Å². The summed E-state index contributed by atoms with van der Waals surface area (Å²) in [5, 5.41) is 14.6. The highest BCUT2D eigenvalue weighted by molar-refractivity contribution is 9.09. The van der Waals surface area contributed by atoms with E-state index in [1.54, 1.807) is 29.2 Å². The van der Waals surface area contributed by atoms with E-state index in [0.29, 0.717) is 42.3 Å². The van der Waals surface area contributed by atoms with Crippen molar-refractivity contribution >= 4 is 27.7 Å². The van der Waals surface area contributed by atoms with Crippen molar-refractivity contribution in [3.63, 3.8) is 0 Å². The minimum absolute atomic E-state index is 0.0823. The van der Waals surface area contributed by atoms with Gasteiger partial charge in [0, 0.05) is 48.4 Å². The Labute approximate surface area is 248 Å². The number of benzene rings is 2. The third kappa shape index (κ3) is 5.57. The van der Waals surface area contributed by atoms with Gasteiger partial charge in [0.05, 0.1) is 11.6 Å². The first-order chi connectivity index (χ1) is 20.0. The summed E-state index contributed by atoms with van der Waals surface area (Å²) in [6, 6.07) is 8.96. The van der Waals surface area contributed by atoms with E-state index < -0.39 is 64.0 Å². The maximum Gasteiger partial charge on any atom is 0.274 e. The second-order valence-corrected chi connectivity index (χ2v) is 11.5. The lowest BCUT2D eigenvalue weighted by Gasteiger charge is -2.42. The number of amides is 2. The van der Waals surface area contributed by atoms with Crippen LogP contribution in [0.1, 0.15) is 64.2 Å². The molecule has 2 bridgehead atoms. The smallest absolute Gasteiger partial charge is 0.274 e. The molecule has 2 aromatic carbocycles. The Bertz CT molecular complexity index is 1560. The Balaban J connectivity index is 1.61. The quantitative estimate of drug-likeness (QED) is 0.352. The van der Waals surface area contributed by atoms with E-state index >= 15 is 0 Å². The molecule has 2 N–H and O–H groups in total. The maximum atomic E-state index is 14.2. The van der Waals surface area contributed by atoms with Crippen LogP contribution in [0.3, 0.4) is 0 Å². The van der Waals surface area contributed by atoms with Crippen molar-refractivity contribution in [2.24, 2.45) is 0 Å². The van der Waals surface area contributed by atoms with Crippen LogP contribution in [0.15, 0.2) is 53.5 Å². The number of aromatic nitrogens is 1. The van der Waals surface area contributed by atoms with E-state index in [2.05, 4.69) is 21.2 Å². The van der Waals surface area contributed by atoms with Crippen LogP contribution < -0.4 is 15.5 Å². The fourth-order valence-corrected chi connectivity index (χ4v) is 6.32. The van der Waals surface area contributed by atoms with Gasteiger partial charge in [-0.05, 0) is 31.7 Å². The van der Waals surface area contributed by atoms with E-state index in [0.717, 1.165) is 0 Å². The van der Waals surface area contributed by atoms with Gasteiger partial charge in [-0.2, -0.15) is 0 Å². The maximum absolute atomic E-state index is 14.2. The minimum Gasteiger partial charge on any atom is -0.483 e. The highest BCUT2D eigenvalue weighted by atomic mass is 79.9. The van der Waals surface area contributed by atoms with Crippen molar-refractivity contribution in [2.45, 2.75) is 57.0 Å². The van der Waals surface area contributed by atoms with Gasteiger partial charge in [-0.1, -0.05) is 46.3 Å². The lowest BCUT2D eigenvalue weighted by molar-refractivity contribution is -0.0261. The summed E-state index contributed by atoms with van der Waals surface area (Å²) < 4.78 is 49.2. The second kappa shape index (κ2) is 11.9. The number of hydrogen-bond acceptors (Lipinski definition) is 5. The van der Waals surface area contributed by atoms with E-state index in [1.807, 2.05) is 13.0 Å². The van der Waals surface area contributed by atoms with E-state index in [1.165, 1.54) is 10.8 Å². The number of pyridine rings is 1.